The number of hydrogen-bond acceptors (Lipinski definition) is 0. The van der Waals surface area contributed by atoms with E-state index in [1.54, 1.807) is 6.07 Å². The van der Waals surface area contributed by atoms with Gasteiger partial charge in [0.2, 0.25) is 0 Å². The molecule has 0 amide bonds. The Kier molecular flexibility index (Phi) is 8.16. The smallest absolute Gasteiger partial charge is 0.146 e. The van der Waals surface area contributed by atoms with Crippen LogP contribution < -0.4 is 0 Å². The minimum absolute atomic E-state index is 0.234. The third-order valence-electron chi connectivity index (χ3n) is 6.40. The van der Waals surface area contributed by atoms with Crippen molar-refractivity contribution in [1.82, 2.24) is 0 Å². The van der Waals surface area contributed by atoms with Crippen LogP contribution in [-0.2, 0) is 25.7 Å². The van der Waals surface area contributed by atoms with E-state index in [-0.39, 0.29) is 5.82 Å². The molecular weight excluding hydrogens is 415 g/mol. The Hall–Kier alpha value is -3.37. The van der Waals surface area contributed by atoms with Crippen LogP contribution in [0.1, 0.15) is 66.5 Å². The Morgan fingerprint density at radius 3 is 1.91 bits per heavy atom. The van der Waals surface area contributed by atoms with Gasteiger partial charge in [0, 0.05) is 10.9 Å². The van der Waals surface area contributed by atoms with Crippen LogP contribution in [0.25, 0.3) is 10.8 Å². The molecule has 0 saturated carbocycles. The maximum Gasteiger partial charge on any atom is 0.146 e. The number of unbranched alkanes of at least 4 members (excludes halogenated alkanes) is 1. The van der Waals surface area contributed by atoms with E-state index in [2.05, 4.69) is 68.2 Å². The Labute approximate surface area is 203 Å². The molecule has 0 aliphatic carbocycles. The van der Waals surface area contributed by atoms with Crippen molar-refractivity contribution in [2.24, 2.45) is 0 Å². The first kappa shape index (κ1) is 23.8. The minimum Gasteiger partial charge on any atom is -0.205 e. The average molecular weight is 449 g/mol. The van der Waals surface area contributed by atoms with E-state index in [1.165, 1.54) is 41.5 Å². The first-order valence-electron chi connectivity index (χ1n) is 12.6. The number of halogens is 1. The third-order valence-corrected chi connectivity index (χ3v) is 6.40. The van der Waals surface area contributed by atoms with Crippen molar-refractivity contribution in [2.45, 2.75) is 58.8 Å². The van der Waals surface area contributed by atoms with Crippen LogP contribution in [0.3, 0.4) is 0 Å². The second-order valence-corrected chi connectivity index (χ2v) is 9.10. The highest BCUT2D eigenvalue weighted by Gasteiger charge is 2.07. The van der Waals surface area contributed by atoms with Crippen molar-refractivity contribution in [3.05, 3.63) is 118 Å². The van der Waals surface area contributed by atoms with Crippen LogP contribution >= 0.6 is 0 Å². The molecule has 34 heavy (non-hydrogen) atoms. The molecule has 0 aliphatic heterocycles. The van der Waals surface area contributed by atoms with E-state index >= 15 is 4.39 Å². The molecule has 172 valence electrons. The number of fused-ring (bicyclic) bond motifs is 1. The highest BCUT2D eigenvalue weighted by Crippen LogP contribution is 2.23. The summed E-state index contributed by atoms with van der Waals surface area (Å²) in [6, 6.07) is 27.1. The van der Waals surface area contributed by atoms with Crippen LogP contribution in [0, 0.1) is 17.7 Å². The van der Waals surface area contributed by atoms with Crippen molar-refractivity contribution < 1.29 is 4.39 Å². The van der Waals surface area contributed by atoms with E-state index in [4.69, 9.17) is 0 Å². The van der Waals surface area contributed by atoms with Gasteiger partial charge in [0.25, 0.3) is 0 Å². The van der Waals surface area contributed by atoms with Crippen LogP contribution in [0.2, 0.25) is 0 Å². The molecule has 4 rings (SSSR count). The van der Waals surface area contributed by atoms with Gasteiger partial charge < -0.3 is 0 Å². The SMILES string of the molecule is CCCCc1ccc(C#Cc2ccc3cc(CCc4ccc(CCC)cc4)ccc3c2F)cc1. The molecule has 0 N–H and O–H groups in total. The number of hydrogen-bond donors (Lipinski definition) is 0. The number of aryl methyl sites for hydroxylation is 4. The Balaban J connectivity index is 1.45. The van der Waals surface area contributed by atoms with Crippen LogP contribution in [0.15, 0.2) is 78.9 Å². The fourth-order valence-corrected chi connectivity index (χ4v) is 4.32. The molecule has 0 saturated heterocycles. The Morgan fingerprint density at radius 1 is 0.588 bits per heavy atom. The zero-order chi connectivity index (χ0) is 23.8. The van der Waals surface area contributed by atoms with E-state index in [0.29, 0.717) is 10.9 Å². The maximum absolute atomic E-state index is 15.2. The Morgan fingerprint density at radius 2 is 1.21 bits per heavy atom. The molecule has 0 spiro atoms. The van der Waals surface area contributed by atoms with Gasteiger partial charge in [-0.25, -0.2) is 4.39 Å². The summed E-state index contributed by atoms with van der Waals surface area (Å²) >= 11 is 0. The zero-order valence-corrected chi connectivity index (χ0v) is 20.3. The molecule has 1 heteroatoms. The molecular formula is C33H33F. The van der Waals surface area contributed by atoms with Gasteiger partial charge >= 0.3 is 0 Å². The van der Waals surface area contributed by atoms with Gasteiger partial charge in [0.15, 0.2) is 0 Å². The summed E-state index contributed by atoms with van der Waals surface area (Å²) in [4.78, 5) is 0. The van der Waals surface area contributed by atoms with E-state index in [1.807, 2.05) is 30.3 Å². The Bertz CT molecular complexity index is 1280. The quantitative estimate of drug-likeness (QED) is 0.237. The van der Waals surface area contributed by atoms with Gasteiger partial charge in [-0.3, -0.25) is 0 Å². The molecule has 0 aromatic heterocycles. The molecule has 0 atom stereocenters. The number of benzene rings is 4. The predicted octanol–water partition coefficient (Wildman–Crippen LogP) is 8.46. The second kappa shape index (κ2) is 11.7. The summed E-state index contributed by atoms with van der Waals surface area (Å²) in [5.74, 6) is 5.92. The summed E-state index contributed by atoms with van der Waals surface area (Å²) in [6.45, 7) is 4.41. The van der Waals surface area contributed by atoms with E-state index < -0.39 is 0 Å². The molecule has 0 heterocycles. The maximum atomic E-state index is 15.2. The molecule has 0 radical (unpaired) electrons. The molecule has 4 aromatic carbocycles. The topological polar surface area (TPSA) is 0 Å². The molecule has 0 aliphatic rings. The monoisotopic (exact) mass is 448 g/mol. The molecule has 0 nitrogen and oxygen atoms in total. The zero-order valence-electron chi connectivity index (χ0n) is 20.3. The summed E-state index contributed by atoms with van der Waals surface area (Å²) in [5, 5.41) is 1.56. The average Bonchev–Trinajstić information content (AvgIpc) is 2.87. The minimum atomic E-state index is -0.234. The van der Waals surface area contributed by atoms with Gasteiger partial charge in [-0.2, -0.15) is 0 Å². The lowest BCUT2D eigenvalue weighted by Gasteiger charge is -2.07. The normalized spacial score (nSPS) is 10.8. The molecule has 0 unspecified atom stereocenters. The highest BCUT2D eigenvalue weighted by atomic mass is 19.1. The van der Waals surface area contributed by atoms with Crippen molar-refractivity contribution in [3.8, 4) is 11.8 Å². The fourth-order valence-electron chi connectivity index (χ4n) is 4.32. The van der Waals surface area contributed by atoms with Crippen molar-refractivity contribution in [3.63, 3.8) is 0 Å². The number of rotatable bonds is 8. The highest BCUT2D eigenvalue weighted by molar-refractivity contribution is 5.85. The molecule has 0 fully saturated rings. The summed E-state index contributed by atoms with van der Waals surface area (Å²) < 4.78 is 15.2. The van der Waals surface area contributed by atoms with Gasteiger partial charge in [-0.1, -0.05) is 99.2 Å². The largest absolute Gasteiger partial charge is 0.205 e. The van der Waals surface area contributed by atoms with Crippen LogP contribution in [-0.4, -0.2) is 0 Å². The summed E-state index contributed by atoms with van der Waals surface area (Å²) in [7, 11) is 0. The van der Waals surface area contributed by atoms with Crippen LogP contribution in [0.4, 0.5) is 4.39 Å². The lowest BCUT2D eigenvalue weighted by Crippen LogP contribution is -1.94. The lowest BCUT2D eigenvalue weighted by molar-refractivity contribution is 0.636. The molecule has 4 aromatic rings. The third kappa shape index (κ3) is 6.15. The van der Waals surface area contributed by atoms with Gasteiger partial charge in [0.05, 0.1) is 5.56 Å². The first-order chi connectivity index (χ1) is 16.7. The van der Waals surface area contributed by atoms with Gasteiger partial charge in [0.1, 0.15) is 5.82 Å². The van der Waals surface area contributed by atoms with Crippen molar-refractivity contribution >= 4 is 10.8 Å². The predicted molar refractivity (Wildman–Crippen MR) is 143 cm³/mol. The van der Waals surface area contributed by atoms with E-state index in [0.717, 1.165) is 36.6 Å². The standard InChI is InChI=1S/C33H33F/c1-3-5-7-26-10-14-28(15-11-26)18-20-30-21-22-31-24-29(19-23-32(31)33(30)34)17-16-27-12-8-25(6-4-2)9-13-27/h8-15,19,21-24H,3-7,16-17H2,1-2H3. The summed E-state index contributed by atoms with van der Waals surface area (Å²) in [5.41, 5.74) is 6.66. The van der Waals surface area contributed by atoms with Crippen LogP contribution in [0.5, 0.6) is 0 Å². The summed E-state index contributed by atoms with van der Waals surface area (Å²) in [6.07, 6.45) is 7.72. The van der Waals surface area contributed by atoms with Crippen molar-refractivity contribution in [2.75, 3.05) is 0 Å². The van der Waals surface area contributed by atoms with Gasteiger partial charge in [-0.05, 0) is 77.9 Å². The van der Waals surface area contributed by atoms with Crippen molar-refractivity contribution in [1.29, 1.82) is 0 Å². The first-order valence-corrected chi connectivity index (χ1v) is 12.6. The fraction of sp³-hybridized carbons (Fsp3) is 0.273. The van der Waals surface area contributed by atoms with E-state index in [9.17, 15) is 0 Å². The molecule has 0 bridgehead atoms. The van der Waals surface area contributed by atoms with Gasteiger partial charge in [-0.15, -0.1) is 0 Å². The lowest BCUT2D eigenvalue weighted by atomic mass is 9.98. The second-order valence-electron chi connectivity index (χ2n) is 9.10.